The van der Waals surface area contributed by atoms with Gasteiger partial charge in [-0.25, -0.2) is 9.18 Å². The number of hydrogen-bond donors (Lipinski definition) is 2. The molecule has 2 aromatic rings. The standard InChI is InChI=1S/C20H25FN6O3S/c1-14-3-4-17(10-22-14)23-20(28)24-18-8-15(7-16(21)9-18)11-26-5-6-27-19(13-26)12-25(2)31(27,29)30/h3-4,7-10,19H,5-6,11-13H2,1-2H3,(H2,23,24,28). The summed E-state index contributed by atoms with van der Waals surface area (Å²) in [5.41, 5.74) is 2.42. The maximum Gasteiger partial charge on any atom is 0.323 e. The Labute approximate surface area is 181 Å². The summed E-state index contributed by atoms with van der Waals surface area (Å²) in [6, 6.07) is 7.32. The number of aryl methyl sites for hydroxylation is 1. The van der Waals surface area contributed by atoms with Crippen LogP contribution in [0.15, 0.2) is 36.5 Å². The molecule has 0 radical (unpaired) electrons. The number of likely N-dealkylation sites (N-methyl/N-ethyl adjacent to an activating group) is 1. The van der Waals surface area contributed by atoms with E-state index in [9.17, 15) is 17.6 Å². The molecule has 0 bridgehead atoms. The van der Waals surface area contributed by atoms with Crippen molar-refractivity contribution in [2.45, 2.75) is 19.5 Å². The molecule has 9 nitrogen and oxygen atoms in total. The third-order valence-electron chi connectivity index (χ3n) is 5.46. The van der Waals surface area contributed by atoms with Gasteiger partial charge in [-0.15, -0.1) is 0 Å². The van der Waals surface area contributed by atoms with Crippen LogP contribution < -0.4 is 10.6 Å². The second kappa shape index (κ2) is 8.50. The van der Waals surface area contributed by atoms with Crippen LogP contribution in [0, 0.1) is 12.7 Å². The van der Waals surface area contributed by atoms with E-state index in [1.807, 2.05) is 6.92 Å². The van der Waals surface area contributed by atoms with Gasteiger partial charge >= 0.3 is 6.03 Å². The number of pyridine rings is 1. The molecule has 2 amide bonds. The topological polar surface area (TPSA) is 97.9 Å². The molecular formula is C20H25FN6O3S. The SMILES string of the molecule is Cc1ccc(NC(=O)Nc2cc(F)cc(CN3CCN4C(C3)CN(C)S4(=O)=O)c2)cn1. The van der Waals surface area contributed by atoms with Crippen molar-refractivity contribution in [3.05, 3.63) is 53.6 Å². The van der Waals surface area contributed by atoms with E-state index in [2.05, 4.69) is 20.5 Å². The van der Waals surface area contributed by atoms with Gasteiger partial charge in [0.25, 0.3) is 10.2 Å². The van der Waals surface area contributed by atoms with Crippen LogP contribution in [0.2, 0.25) is 0 Å². The Hall–Kier alpha value is -2.60. The quantitative estimate of drug-likeness (QED) is 0.744. The van der Waals surface area contributed by atoms with Crippen molar-refractivity contribution in [3.8, 4) is 0 Å². The lowest BCUT2D eigenvalue weighted by Gasteiger charge is -2.35. The van der Waals surface area contributed by atoms with Crippen molar-refractivity contribution in [2.75, 3.05) is 43.9 Å². The predicted molar refractivity (Wildman–Crippen MR) is 115 cm³/mol. The number of carbonyl (C=O) groups excluding carboxylic acids is 1. The first-order valence-electron chi connectivity index (χ1n) is 9.96. The van der Waals surface area contributed by atoms with E-state index >= 15 is 0 Å². The van der Waals surface area contributed by atoms with Crippen molar-refractivity contribution in [2.24, 2.45) is 0 Å². The van der Waals surface area contributed by atoms with Gasteiger partial charge in [-0.05, 0) is 42.8 Å². The van der Waals surface area contributed by atoms with Crippen LogP contribution in [0.1, 0.15) is 11.3 Å². The zero-order valence-corrected chi connectivity index (χ0v) is 18.2. The van der Waals surface area contributed by atoms with E-state index in [0.717, 1.165) is 5.69 Å². The largest absolute Gasteiger partial charge is 0.323 e. The summed E-state index contributed by atoms with van der Waals surface area (Å²) >= 11 is 0. The van der Waals surface area contributed by atoms with Crippen LogP contribution in [-0.4, -0.2) is 72.2 Å². The zero-order valence-electron chi connectivity index (χ0n) is 17.4. The Kier molecular flexibility index (Phi) is 5.93. The van der Waals surface area contributed by atoms with Gasteiger partial charge in [0, 0.05) is 51.2 Å². The van der Waals surface area contributed by atoms with E-state index < -0.39 is 22.1 Å². The number of hydrogen-bond acceptors (Lipinski definition) is 5. The number of anilines is 2. The highest BCUT2D eigenvalue weighted by Crippen LogP contribution is 2.26. The fourth-order valence-corrected chi connectivity index (χ4v) is 5.52. The summed E-state index contributed by atoms with van der Waals surface area (Å²) in [6.45, 7) is 4.30. The summed E-state index contributed by atoms with van der Waals surface area (Å²) in [5.74, 6) is -0.452. The highest BCUT2D eigenvalue weighted by atomic mass is 32.2. The van der Waals surface area contributed by atoms with Crippen LogP contribution in [0.25, 0.3) is 0 Å². The minimum Gasteiger partial charge on any atom is -0.308 e. The first kappa shape index (κ1) is 21.6. The van der Waals surface area contributed by atoms with E-state index in [1.165, 1.54) is 20.7 Å². The molecule has 2 N–H and O–H groups in total. The van der Waals surface area contributed by atoms with Crippen molar-refractivity contribution < 1.29 is 17.6 Å². The van der Waals surface area contributed by atoms with Crippen molar-refractivity contribution >= 4 is 27.6 Å². The number of fused-ring (bicyclic) bond motifs is 1. The third-order valence-corrected chi connectivity index (χ3v) is 7.47. The Bertz CT molecular complexity index is 1080. The molecule has 11 heteroatoms. The normalized spacial score (nSPS) is 21.6. The molecule has 1 unspecified atom stereocenters. The van der Waals surface area contributed by atoms with Gasteiger partial charge in [0.1, 0.15) is 5.82 Å². The van der Waals surface area contributed by atoms with Gasteiger partial charge in [-0.2, -0.15) is 17.0 Å². The van der Waals surface area contributed by atoms with Gasteiger partial charge < -0.3 is 10.6 Å². The lowest BCUT2D eigenvalue weighted by Crippen LogP contribution is -2.51. The molecule has 1 aromatic carbocycles. The van der Waals surface area contributed by atoms with Gasteiger partial charge in [0.05, 0.1) is 17.9 Å². The predicted octanol–water partition coefficient (Wildman–Crippen LogP) is 1.85. The van der Waals surface area contributed by atoms with Crippen molar-refractivity contribution in [3.63, 3.8) is 0 Å². The highest BCUT2D eigenvalue weighted by molar-refractivity contribution is 7.87. The van der Waals surface area contributed by atoms with Gasteiger partial charge in [0.2, 0.25) is 0 Å². The average Bonchev–Trinajstić information content (AvgIpc) is 2.91. The molecule has 1 aromatic heterocycles. The Morgan fingerprint density at radius 3 is 2.68 bits per heavy atom. The molecular weight excluding hydrogens is 423 g/mol. The molecule has 2 aliphatic rings. The van der Waals surface area contributed by atoms with E-state index in [0.29, 0.717) is 49.7 Å². The van der Waals surface area contributed by atoms with Crippen molar-refractivity contribution in [1.82, 2.24) is 18.5 Å². The maximum absolute atomic E-state index is 14.2. The van der Waals surface area contributed by atoms with Gasteiger partial charge in [0.15, 0.2) is 0 Å². The number of nitrogens with one attached hydrogen (secondary N) is 2. The Balaban J connectivity index is 1.39. The number of urea groups is 1. The molecule has 2 saturated heterocycles. The monoisotopic (exact) mass is 448 g/mol. The second-order valence-corrected chi connectivity index (χ2v) is 9.89. The Morgan fingerprint density at radius 1 is 1.16 bits per heavy atom. The number of benzene rings is 1. The van der Waals surface area contributed by atoms with Crippen LogP contribution >= 0.6 is 0 Å². The van der Waals surface area contributed by atoms with E-state index in [1.54, 1.807) is 31.4 Å². The molecule has 166 valence electrons. The smallest absolute Gasteiger partial charge is 0.308 e. The molecule has 0 spiro atoms. The minimum absolute atomic E-state index is 0.108. The first-order chi connectivity index (χ1) is 14.7. The molecule has 0 saturated carbocycles. The number of piperazine rings is 1. The average molecular weight is 449 g/mol. The van der Waals surface area contributed by atoms with Gasteiger partial charge in [-0.1, -0.05) is 0 Å². The van der Waals surface area contributed by atoms with Crippen molar-refractivity contribution in [1.29, 1.82) is 0 Å². The molecule has 1 atom stereocenters. The van der Waals surface area contributed by atoms with Crippen LogP contribution in [0.3, 0.4) is 0 Å². The summed E-state index contributed by atoms with van der Waals surface area (Å²) < 4.78 is 41.6. The molecule has 2 fully saturated rings. The third kappa shape index (κ3) is 4.85. The molecule has 3 heterocycles. The molecule has 31 heavy (non-hydrogen) atoms. The first-order valence-corrected chi connectivity index (χ1v) is 11.4. The number of aromatic nitrogens is 1. The molecule has 0 aliphatic carbocycles. The number of carbonyl (C=O) groups is 1. The van der Waals surface area contributed by atoms with Crippen LogP contribution in [0.5, 0.6) is 0 Å². The van der Waals surface area contributed by atoms with Crippen LogP contribution in [0.4, 0.5) is 20.6 Å². The van der Waals surface area contributed by atoms with E-state index in [-0.39, 0.29) is 6.04 Å². The van der Waals surface area contributed by atoms with E-state index in [4.69, 9.17) is 0 Å². The summed E-state index contributed by atoms with van der Waals surface area (Å²) in [6.07, 6.45) is 1.55. The molecule has 4 rings (SSSR count). The Morgan fingerprint density at radius 2 is 1.94 bits per heavy atom. The fourth-order valence-electron chi connectivity index (χ4n) is 3.98. The highest BCUT2D eigenvalue weighted by Gasteiger charge is 2.44. The zero-order chi connectivity index (χ0) is 22.2. The number of rotatable bonds is 4. The summed E-state index contributed by atoms with van der Waals surface area (Å²) in [7, 11) is -1.77. The number of amides is 2. The summed E-state index contributed by atoms with van der Waals surface area (Å²) in [5, 5.41) is 5.31. The number of halogens is 1. The lowest BCUT2D eigenvalue weighted by molar-refractivity contribution is 0.140. The summed E-state index contributed by atoms with van der Waals surface area (Å²) in [4.78, 5) is 18.5. The fraction of sp³-hybridized carbons (Fsp3) is 0.400. The lowest BCUT2D eigenvalue weighted by atomic mass is 10.1. The molecule has 2 aliphatic heterocycles. The van der Waals surface area contributed by atoms with Crippen LogP contribution in [-0.2, 0) is 16.8 Å². The second-order valence-electron chi connectivity index (χ2n) is 7.90. The number of nitrogens with zero attached hydrogens (tertiary/aromatic N) is 4. The van der Waals surface area contributed by atoms with Gasteiger partial charge in [-0.3, -0.25) is 9.88 Å². The minimum atomic E-state index is -3.36. The maximum atomic E-state index is 14.2.